The van der Waals surface area contributed by atoms with Crippen LogP contribution in [0, 0.1) is 0 Å². The molecule has 1 aromatic carbocycles. The first-order valence-corrected chi connectivity index (χ1v) is 4.40. The number of phenols is 1. The minimum absolute atomic E-state index is 0.0579. The number of benzene rings is 1. The maximum Gasteiger partial charge on any atom is 0.354 e. The van der Waals surface area contributed by atoms with Crippen molar-refractivity contribution in [1.29, 1.82) is 0 Å². The number of phenolic OH excluding ortho intramolecular Hbond substituents is 1. The van der Waals surface area contributed by atoms with Gasteiger partial charge in [-0.15, -0.1) is 0 Å². The van der Waals surface area contributed by atoms with Gasteiger partial charge in [0.25, 0.3) is 6.01 Å². The third kappa shape index (κ3) is 2.11. The molecule has 0 radical (unpaired) electrons. The lowest BCUT2D eigenvalue weighted by Gasteiger charge is -2.01. The normalized spacial score (nSPS) is 10.0. The van der Waals surface area contributed by atoms with Crippen LogP contribution in [0.25, 0.3) is 0 Å². The lowest BCUT2D eigenvalue weighted by atomic mass is 10.3. The first kappa shape index (κ1) is 10.0. The average molecular weight is 220 g/mol. The number of imidazole rings is 1. The number of carboxylic acid groups (broad SMARTS) is 1. The molecule has 0 fully saturated rings. The van der Waals surface area contributed by atoms with E-state index < -0.39 is 5.97 Å². The van der Waals surface area contributed by atoms with Crippen LogP contribution in [0.3, 0.4) is 0 Å². The fraction of sp³-hybridized carbons (Fsp3) is 0. The molecule has 0 atom stereocenters. The van der Waals surface area contributed by atoms with Crippen molar-refractivity contribution >= 4 is 5.97 Å². The molecule has 0 aliphatic rings. The fourth-order valence-corrected chi connectivity index (χ4v) is 1.12. The summed E-state index contributed by atoms with van der Waals surface area (Å²) in [5.41, 5.74) is -0.0600. The number of nitrogens with zero attached hydrogens (tertiary/aromatic N) is 1. The molecule has 3 N–H and O–H groups in total. The highest BCUT2D eigenvalue weighted by Gasteiger charge is 2.08. The Morgan fingerprint density at radius 2 is 2.25 bits per heavy atom. The molecule has 1 heterocycles. The summed E-state index contributed by atoms with van der Waals surface area (Å²) in [6.07, 6.45) is 1.15. The van der Waals surface area contributed by atoms with E-state index in [1.807, 2.05) is 0 Å². The highest BCUT2D eigenvalue weighted by molar-refractivity contribution is 5.85. The van der Waals surface area contributed by atoms with Crippen LogP contribution in [-0.2, 0) is 0 Å². The molecule has 6 nitrogen and oxygen atoms in total. The number of aromatic amines is 1. The molecule has 0 saturated heterocycles. The van der Waals surface area contributed by atoms with Gasteiger partial charge in [0.05, 0.1) is 6.20 Å². The summed E-state index contributed by atoms with van der Waals surface area (Å²) in [5.74, 6) is -0.688. The van der Waals surface area contributed by atoms with E-state index in [0.29, 0.717) is 5.75 Å². The maximum atomic E-state index is 10.6. The molecule has 82 valence electrons. The van der Waals surface area contributed by atoms with Crippen molar-refractivity contribution in [2.45, 2.75) is 0 Å². The van der Waals surface area contributed by atoms with Crippen molar-refractivity contribution in [2.24, 2.45) is 0 Å². The molecule has 0 aliphatic carbocycles. The Labute approximate surface area is 90.1 Å². The number of aromatic hydroxyl groups is 1. The smallest absolute Gasteiger partial charge is 0.354 e. The molecular weight excluding hydrogens is 212 g/mol. The molecule has 16 heavy (non-hydrogen) atoms. The number of hydrogen-bond acceptors (Lipinski definition) is 4. The lowest BCUT2D eigenvalue weighted by molar-refractivity contribution is 0.0690. The summed E-state index contributed by atoms with van der Waals surface area (Å²) in [6, 6.07) is 6.16. The highest BCUT2D eigenvalue weighted by Crippen LogP contribution is 2.22. The summed E-state index contributed by atoms with van der Waals surface area (Å²) in [4.78, 5) is 16.7. The predicted octanol–water partition coefficient (Wildman–Crippen LogP) is 1.61. The second-order valence-electron chi connectivity index (χ2n) is 3.01. The van der Waals surface area contributed by atoms with E-state index in [0.717, 1.165) is 6.20 Å². The van der Waals surface area contributed by atoms with E-state index in [4.69, 9.17) is 9.84 Å². The predicted molar refractivity (Wildman–Crippen MR) is 53.7 cm³/mol. The first-order chi connectivity index (χ1) is 7.65. The third-order valence-corrected chi connectivity index (χ3v) is 1.82. The van der Waals surface area contributed by atoms with Gasteiger partial charge in [0.2, 0.25) is 0 Å². The van der Waals surface area contributed by atoms with E-state index in [1.165, 1.54) is 12.1 Å². The molecule has 6 heteroatoms. The summed E-state index contributed by atoms with van der Waals surface area (Å²) in [7, 11) is 0. The Morgan fingerprint density at radius 1 is 1.44 bits per heavy atom. The number of hydrogen-bond donors (Lipinski definition) is 3. The van der Waals surface area contributed by atoms with Crippen molar-refractivity contribution in [2.75, 3.05) is 0 Å². The molecule has 0 aliphatic heterocycles. The monoisotopic (exact) mass is 220 g/mol. The Morgan fingerprint density at radius 3 is 2.88 bits per heavy atom. The van der Waals surface area contributed by atoms with E-state index in [9.17, 15) is 9.90 Å². The van der Waals surface area contributed by atoms with Crippen LogP contribution >= 0.6 is 0 Å². The van der Waals surface area contributed by atoms with Gasteiger partial charge in [-0.25, -0.2) is 9.78 Å². The molecule has 0 amide bonds. The van der Waals surface area contributed by atoms with E-state index in [2.05, 4.69) is 9.97 Å². The molecule has 0 bridgehead atoms. The number of H-pyrrole nitrogens is 1. The van der Waals surface area contributed by atoms with Gasteiger partial charge in [-0.2, -0.15) is 0 Å². The van der Waals surface area contributed by atoms with Crippen LogP contribution in [0.1, 0.15) is 10.5 Å². The zero-order chi connectivity index (χ0) is 11.5. The topological polar surface area (TPSA) is 95.4 Å². The highest BCUT2D eigenvalue weighted by atomic mass is 16.5. The van der Waals surface area contributed by atoms with Gasteiger partial charge in [0.1, 0.15) is 17.2 Å². The standard InChI is InChI=1S/C10H8N2O4/c13-6-2-1-3-7(4-6)16-10-11-5-8(12-10)9(14)15/h1-5,13H,(H,11,12)(H,14,15). The zero-order valence-electron chi connectivity index (χ0n) is 8.04. The minimum Gasteiger partial charge on any atom is -0.508 e. The van der Waals surface area contributed by atoms with Gasteiger partial charge in [-0.1, -0.05) is 6.07 Å². The second-order valence-corrected chi connectivity index (χ2v) is 3.01. The van der Waals surface area contributed by atoms with Gasteiger partial charge in [-0.3, -0.25) is 0 Å². The summed E-state index contributed by atoms with van der Waals surface area (Å²) in [6.45, 7) is 0. The van der Waals surface area contributed by atoms with Crippen molar-refractivity contribution in [3.63, 3.8) is 0 Å². The SMILES string of the molecule is O=C(O)c1cnc(Oc2cccc(O)c2)[nH]1. The Balaban J connectivity index is 2.17. The van der Waals surface area contributed by atoms with Crippen LogP contribution in [-0.4, -0.2) is 26.2 Å². The zero-order valence-corrected chi connectivity index (χ0v) is 8.04. The largest absolute Gasteiger partial charge is 0.508 e. The van der Waals surface area contributed by atoms with E-state index in [1.54, 1.807) is 12.1 Å². The molecule has 2 aromatic rings. The van der Waals surface area contributed by atoms with Crippen LogP contribution in [0.4, 0.5) is 0 Å². The quantitative estimate of drug-likeness (QED) is 0.730. The lowest BCUT2D eigenvalue weighted by Crippen LogP contribution is -1.95. The van der Waals surface area contributed by atoms with Crippen molar-refractivity contribution in [1.82, 2.24) is 9.97 Å². The number of rotatable bonds is 3. The molecule has 1 aromatic heterocycles. The Bertz CT molecular complexity index is 521. The fourth-order valence-electron chi connectivity index (χ4n) is 1.12. The second kappa shape index (κ2) is 3.93. The van der Waals surface area contributed by atoms with E-state index in [-0.39, 0.29) is 17.5 Å². The number of carbonyl (C=O) groups is 1. The third-order valence-electron chi connectivity index (χ3n) is 1.82. The minimum atomic E-state index is -1.11. The Hall–Kier alpha value is -2.50. The molecule has 0 unspecified atom stereocenters. The molecule has 0 spiro atoms. The van der Waals surface area contributed by atoms with Gasteiger partial charge in [-0.05, 0) is 12.1 Å². The van der Waals surface area contributed by atoms with Crippen molar-refractivity contribution in [3.05, 3.63) is 36.2 Å². The summed E-state index contributed by atoms with van der Waals surface area (Å²) < 4.78 is 5.20. The Kier molecular flexibility index (Phi) is 2.47. The molecule has 2 rings (SSSR count). The van der Waals surface area contributed by atoms with Crippen LogP contribution in [0.5, 0.6) is 17.5 Å². The van der Waals surface area contributed by atoms with Crippen molar-refractivity contribution < 1.29 is 19.7 Å². The van der Waals surface area contributed by atoms with Crippen molar-refractivity contribution in [3.8, 4) is 17.5 Å². The summed E-state index contributed by atoms with van der Waals surface area (Å²) in [5, 5.41) is 17.8. The maximum absolute atomic E-state index is 10.6. The van der Waals surface area contributed by atoms with E-state index >= 15 is 0 Å². The van der Waals surface area contributed by atoms with Gasteiger partial charge in [0.15, 0.2) is 0 Å². The van der Waals surface area contributed by atoms with Gasteiger partial charge in [0, 0.05) is 6.07 Å². The van der Waals surface area contributed by atoms with Gasteiger partial charge >= 0.3 is 5.97 Å². The number of carboxylic acids is 1. The van der Waals surface area contributed by atoms with Crippen LogP contribution in [0.15, 0.2) is 30.5 Å². The van der Waals surface area contributed by atoms with Gasteiger partial charge < -0.3 is 19.9 Å². The number of nitrogens with one attached hydrogen (secondary N) is 1. The molecule has 0 saturated carbocycles. The number of ether oxygens (including phenoxy) is 1. The molecular formula is C10H8N2O4. The number of aromatic nitrogens is 2. The van der Waals surface area contributed by atoms with Crippen LogP contribution in [0.2, 0.25) is 0 Å². The first-order valence-electron chi connectivity index (χ1n) is 4.40. The van der Waals surface area contributed by atoms with Crippen LogP contribution < -0.4 is 4.74 Å². The summed E-state index contributed by atoms with van der Waals surface area (Å²) >= 11 is 0. The number of aromatic carboxylic acids is 1. The average Bonchev–Trinajstić information content (AvgIpc) is 2.66.